The van der Waals surface area contributed by atoms with Crippen LogP contribution in [0.4, 0.5) is 0 Å². The summed E-state index contributed by atoms with van der Waals surface area (Å²) in [5.41, 5.74) is 0. The molecule has 21 heavy (non-hydrogen) atoms. The zero-order valence-corrected chi connectivity index (χ0v) is 15.1. The van der Waals surface area contributed by atoms with Crippen LogP contribution in [0.25, 0.3) is 0 Å². The zero-order valence-electron chi connectivity index (χ0n) is 11.9. The van der Waals surface area contributed by atoms with Crippen molar-refractivity contribution in [1.82, 2.24) is 9.62 Å². The van der Waals surface area contributed by atoms with Gasteiger partial charge in [-0.05, 0) is 31.9 Å². The first-order chi connectivity index (χ1) is 9.95. The summed E-state index contributed by atoms with van der Waals surface area (Å²) in [6.45, 7) is 3.90. The highest BCUT2D eigenvalue weighted by Gasteiger charge is 2.30. The van der Waals surface area contributed by atoms with E-state index in [1.807, 2.05) is 6.92 Å². The summed E-state index contributed by atoms with van der Waals surface area (Å²) in [4.78, 5) is 0.128. The molecule has 1 atom stereocenters. The van der Waals surface area contributed by atoms with Crippen molar-refractivity contribution in [3.63, 3.8) is 0 Å². The Bertz CT molecular complexity index is 569. The van der Waals surface area contributed by atoms with Crippen LogP contribution in [0.1, 0.15) is 32.6 Å². The minimum atomic E-state index is -3.59. The summed E-state index contributed by atoms with van der Waals surface area (Å²) in [7, 11) is -3.59. The third-order valence-electron chi connectivity index (χ3n) is 3.55. The lowest BCUT2D eigenvalue weighted by Gasteiger charge is -2.29. The lowest BCUT2D eigenvalue weighted by Crippen LogP contribution is -2.45. The molecule has 0 aliphatic carbocycles. The van der Waals surface area contributed by atoms with E-state index in [4.69, 9.17) is 23.2 Å². The van der Waals surface area contributed by atoms with Gasteiger partial charge in [0.05, 0.1) is 4.34 Å². The number of rotatable bonds is 6. The van der Waals surface area contributed by atoms with E-state index >= 15 is 0 Å². The molecule has 8 heteroatoms. The van der Waals surface area contributed by atoms with Gasteiger partial charge in [0.2, 0.25) is 10.0 Å². The average molecular weight is 371 g/mol. The second-order valence-corrected chi connectivity index (χ2v) is 9.39. The predicted molar refractivity (Wildman–Crippen MR) is 89.0 cm³/mol. The van der Waals surface area contributed by atoms with E-state index in [0.717, 1.165) is 43.6 Å². The summed E-state index contributed by atoms with van der Waals surface area (Å²) >= 11 is 13.0. The third kappa shape index (κ3) is 4.33. The highest BCUT2D eigenvalue weighted by Crippen LogP contribution is 2.36. The molecule has 1 aromatic rings. The monoisotopic (exact) mass is 370 g/mol. The van der Waals surface area contributed by atoms with Crippen LogP contribution in [0.5, 0.6) is 0 Å². The highest BCUT2D eigenvalue weighted by molar-refractivity contribution is 7.89. The van der Waals surface area contributed by atoms with Crippen LogP contribution in [0.15, 0.2) is 11.0 Å². The Balaban J connectivity index is 2.21. The van der Waals surface area contributed by atoms with Crippen LogP contribution in [0.2, 0.25) is 8.67 Å². The second-order valence-electron chi connectivity index (χ2n) is 5.20. The minimum absolute atomic E-state index is 0.128. The predicted octanol–water partition coefficient (Wildman–Crippen LogP) is 3.60. The van der Waals surface area contributed by atoms with E-state index in [0.29, 0.717) is 17.4 Å². The van der Waals surface area contributed by atoms with E-state index in [2.05, 4.69) is 5.32 Å². The molecule has 1 saturated heterocycles. The fourth-order valence-corrected chi connectivity index (χ4v) is 6.21. The number of nitrogens with one attached hydrogen (secondary N) is 1. The molecule has 1 fully saturated rings. The van der Waals surface area contributed by atoms with Gasteiger partial charge < -0.3 is 5.32 Å². The van der Waals surface area contributed by atoms with Crippen LogP contribution >= 0.6 is 34.5 Å². The number of thiophene rings is 1. The molecule has 1 unspecified atom stereocenters. The van der Waals surface area contributed by atoms with Crippen LogP contribution < -0.4 is 5.32 Å². The first-order valence-corrected chi connectivity index (χ1v) is 10.1. The normalized spacial score (nSPS) is 20.1. The molecule has 2 heterocycles. The van der Waals surface area contributed by atoms with Crippen molar-refractivity contribution < 1.29 is 8.42 Å². The largest absolute Gasteiger partial charge is 0.313 e. The molecule has 4 nitrogen and oxygen atoms in total. The molecule has 1 aliphatic heterocycles. The summed E-state index contributed by atoms with van der Waals surface area (Å²) in [5.74, 6) is 0. The molecule has 0 aromatic carbocycles. The van der Waals surface area contributed by atoms with Gasteiger partial charge >= 0.3 is 0 Å². The fourth-order valence-electron chi connectivity index (χ4n) is 2.52. The Labute approximate surface area is 140 Å². The number of nitrogens with zero attached hydrogens (tertiary/aromatic N) is 1. The highest BCUT2D eigenvalue weighted by atomic mass is 35.5. The van der Waals surface area contributed by atoms with Gasteiger partial charge in [0.1, 0.15) is 9.23 Å². The molecule has 0 amide bonds. The van der Waals surface area contributed by atoms with Crippen molar-refractivity contribution in [3.05, 3.63) is 14.7 Å². The molecular weight excluding hydrogens is 351 g/mol. The van der Waals surface area contributed by atoms with Gasteiger partial charge in [-0.1, -0.05) is 36.5 Å². The van der Waals surface area contributed by atoms with Gasteiger partial charge in [-0.25, -0.2) is 8.42 Å². The molecule has 1 aromatic heterocycles. The Morgan fingerprint density at radius 2 is 2.19 bits per heavy atom. The van der Waals surface area contributed by atoms with Crippen molar-refractivity contribution in [2.24, 2.45) is 0 Å². The van der Waals surface area contributed by atoms with Crippen LogP contribution in [0, 0.1) is 0 Å². The van der Waals surface area contributed by atoms with E-state index in [9.17, 15) is 8.42 Å². The van der Waals surface area contributed by atoms with Crippen molar-refractivity contribution in [1.29, 1.82) is 0 Å². The van der Waals surface area contributed by atoms with Gasteiger partial charge in [-0.2, -0.15) is 4.31 Å². The van der Waals surface area contributed by atoms with Crippen molar-refractivity contribution in [2.45, 2.75) is 43.5 Å². The Hall–Kier alpha value is 0.150. The number of sulfonamides is 1. The van der Waals surface area contributed by atoms with Crippen LogP contribution in [-0.2, 0) is 10.0 Å². The molecule has 2 rings (SSSR count). The molecular formula is C13H20Cl2N2O2S2. The quantitative estimate of drug-likeness (QED) is 0.831. The summed E-state index contributed by atoms with van der Waals surface area (Å²) < 4.78 is 27.7. The maximum absolute atomic E-state index is 12.8. The van der Waals surface area contributed by atoms with E-state index < -0.39 is 10.0 Å². The number of piperidine rings is 1. The summed E-state index contributed by atoms with van der Waals surface area (Å²) in [6, 6.07) is 1.66. The van der Waals surface area contributed by atoms with Crippen LogP contribution in [-0.4, -0.2) is 38.4 Å². The second kappa shape index (κ2) is 7.62. The lowest BCUT2D eigenvalue weighted by molar-refractivity contribution is 0.312. The lowest BCUT2D eigenvalue weighted by atomic mass is 10.1. The number of hydrogen-bond donors (Lipinski definition) is 1. The Morgan fingerprint density at radius 1 is 1.43 bits per heavy atom. The van der Waals surface area contributed by atoms with Gasteiger partial charge in [-0.15, -0.1) is 11.3 Å². The minimum Gasteiger partial charge on any atom is -0.313 e. The zero-order chi connectivity index (χ0) is 15.5. The molecule has 1 aliphatic rings. The van der Waals surface area contributed by atoms with Crippen molar-refractivity contribution in [2.75, 3.05) is 19.6 Å². The number of halogens is 2. The maximum Gasteiger partial charge on any atom is 0.245 e. The smallest absolute Gasteiger partial charge is 0.245 e. The molecule has 0 bridgehead atoms. The van der Waals surface area contributed by atoms with E-state index in [-0.39, 0.29) is 15.3 Å². The van der Waals surface area contributed by atoms with Gasteiger partial charge in [0.25, 0.3) is 0 Å². The standard InChI is InChI=1S/C13H20Cl2N2O2S2/c1-2-7-17(9-10-5-3-4-6-16-10)21(18,19)11-8-12(14)20-13(11)15/h8,10,16H,2-7,9H2,1H3. The fraction of sp³-hybridized carbons (Fsp3) is 0.692. The molecule has 0 saturated carbocycles. The first-order valence-electron chi connectivity index (χ1n) is 7.13. The van der Waals surface area contributed by atoms with Gasteiger partial charge in [0, 0.05) is 19.1 Å². The van der Waals surface area contributed by atoms with Crippen molar-refractivity contribution >= 4 is 44.6 Å². The Morgan fingerprint density at radius 3 is 2.71 bits per heavy atom. The average Bonchev–Trinajstić information content (AvgIpc) is 2.79. The van der Waals surface area contributed by atoms with E-state index in [1.165, 1.54) is 10.4 Å². The molecule has 1 N–H and O–H groups in total. The van der Waals surface area contributed by atoms with Gasteiger partial charge in [-0.3, -0.25) is 0 Å². The molecule has 120 valence electrons. The SMILES string of the molecule is CCCN(CC1CCCCN1)S(=O)(=O)c1cc(Cl)sc1Cl. The topological polar surface area (TPSA) is 49.4 Å². The molecule has 0 spiro atoms. The van der Waals surface area contributed by atoms with Gasteiger partial charge in [0.15, 0.2) is 0 Å². The number of hydrogen-bond acceptors (Lipinski definition) is 4. The first kappa shape index (κ1) is 17.5. The van der Waals surface area contributed by atoms with E-state index in [1.54, 1.807) is 0 Å². The summed E-state index contributed by atoms with van der Waals surface area (Å²) in [6.07, 6.45) is 4.07. The van der Waals surface area contributed by atoms with Crippen LogP contribution in [0.3, 0.4) is 0 Å². The summed E-state index contributed by atoms with van der Waals surface area (Å²) in [5, 5.41) is 3.39. The van der Waals surface area contributed by atoms with Crippen molar-refractivity contribution in [3.8, 4) is 0 Å². The Kier molecular flexibility index (Phi) is 6.35. The maximum atomic E-state index is 12.8. The third-order valence-corrected chi connectivity index (χ3v) is 7.17. The molecule has 0 radical (unpaired) electrons.